The highest BCUT2D eigenvalue weighted by Gasteiger charge is 2.29. The predicted molar refractivity (Wildman–Crippen MR) is 141 cm³/mol. The van der Waals surface area contributed by atoms with E-state index in [1.807, 2.05) is 12.1 Å². The molecule has 1 aromatic heterocycles. The zero-order valence-electron chi connectivity index (χ0n) is 20.2. The second kappa shape index (κ2) is 9.38. The Bertz CT molecular complexity index is 1250. The van der Waals surface area contributed by atoms with E-state index in [9.17, 15) is 4.39 Å². The summed E-state index contributed by atoms with van der Waals surface area (Å²) in [6, 6.07) is 11.9. The van der Waals surface area contributed by atoms with Gasteiger partial charge in [0.25, 0.3) is 0 Å². The lowest BCUT2D eigenvalue weighted by molar-refractivity contribution is 0.160. The minimum absolute atomic E-state index is 0.201. The molecule has 0 bridgehead atoms. The summed E-state index contributed by atoms with van der Waals surface area (Å²) in [6.45, 7) is 6.96. The van der Waals surface area contributed by atoms with E-state index in [0.717, 1.165) is 75.6 Å². The Balaban J connectivity index is 1.11. The number of nitrogens with one attached hydrogen (secondary N) is 1. The minimum Gasteiger partial charge on any atom is -0.497 e. The van der Waals surface area contributed by atoms with Crippen molar-refractivity contribution < 1.29 is 9.13 Å². The number of benzene rings is 2. The first-order valence-electron chi connectivity index (χ1n) is 12.6. The zero-order chi connectivity index (χ0) is 23.8. The van der Waals surface area contributed by atoms with Crippen LogP contribution in [0.4, 0.5) is 21.5 Å². The normalized spacial score (nSPS) is 19.0. The average Bonchev–Trinajstić information content (AvgIpc) is 2.93. The standard InChI is InChI=1S/C28H32FN5O/c1-35-22-18-20-4-2-10-30-27(20)26(19-22)34-16-14-32(15-17-34)21-8-12-33(13-9-21)25-7-6-24(29)23-5-3-11-31-28(23)25/h2-7,11,18-19,21,30H,8-10,12-17H2,1H3. The summed E-state index contributed by atoms with van der Waals surface area (Å²) < 4.78 is 19.8. The summed E-state index contributed by atoms with van der Waals surface area (Å²) in [5.41, 5.74) is 5.48. The van der Waals surface area contributed by atoms with Crippen LogP contribution in [-0.4, -0.2) is 68.8 Å². The van der Waals surface area contributed by atoms with E-state index < -0.39 is 0 Å². The van der Waals surface area contributed by atoms with Crippen molar-refractivity contribution in [1.29, 1.82) is 0 Å². The molecule has 3 aliphatic heterocycles. The molecule has 3 aliphatic rings. The molecule has 6 rings (SSSR count). The summed E-state index contributed by atoms with van der Waals surface area (Å²) in [5.74, 6) is 0.706. The second-order valence-electron chi connectivity index (χ2n) is 9.60. The molecule has 0 radical (unpaired) electrons. The average molecular weight is 474 g/mol. The largest absolute Gasteiger partial charge is 0.497 e. The molecule has 2 aromatic carbocycles. The Labute approximate surface area is 206 Å². The van der Waals surface area contributed by atoms with E-state index in [-0.39, 0.29) is 5.82 Å². The first-order valence-corrected chi connectivity index (χ1v) is 12.6. The molecule has 2 fully saturated rings. The SMILES string of the molecule is COc1cc2c(c(N3CCN(C4CCN(c5ccc(F)c6cccnc56)CC4)CC3)c1)NCC=C2. The smallest absolute Gasteiger partial charge is 0.132 e. The van der Waals surface area contributed by atoms with Crippen molar-refractivity contribution in [1.82, 2.24) is 9.88 Å². The van der Waals surface area contributed by atoms with Crippen molar-refractivity contribution >= 4 is 34.0 Å². The number of nitrogens with zero attached hydrogens (tertiary/aromatic N) is 4. The molecule has 0 aliphatic carbocycles. The Morgan fingerprint density at radius 3 is 2.57 bits per heavy atom. The monoisotopic (exact) mass is 473 g/mol. The summed E-state index contributed by atoms with van der Waals surface area (Å²) in [6.07, 6.45) is 8.32. The van der Waals surface area contributed by atoms with Gasteiger partial charge in [-0.3, -0.25) is 9.88 Å². The number of ether oxygens (including phenoxy) is 1. The van der Waals surface area contributed by atoms with Crippen molar-refractivity contribution in [2.24, 2.45) is 0 Å². The number of rotatable bonds is 4. The number of halogens is 1. The van der Waals surface area contributed by atoms with Crippen molar-refractivity contribution in [3.63, 3.8) is 0 Å². The van der Waals surface area contributed by atoms with Crippen LogP contribution in [-0.2, 0) is 0 Å². The van der Waals surface area contributed by atoms with Crippen LogP contribution in [0.3, 0.4) is 0 Å². The highest BCUT2D eigenvalue weighted by Crippen LogP contribution is 2.37. The zero-order valence-corrected chi connectivity index (χ0v) is 20.2. The van der Waals surface area contributed by atoms with E-state index >= 15 is 0 Å². The Hall–Kier alpha value is -3.32. The molecule has 3 aromatic rings. The van der Waals surface area contributed by atoms with Crippen LogP contribution in [0.1, 0.15) is 18.4 Å². The lowest BCUT2D eigenvalue weighted by atomic mass is 10.0. The van der Waals surface area contributed by atoms with Crippen molar-refractivity contribution in [2.75, 3.05) is 68.0 Å². The number of piperidine rings is 1. The third kappa shape index (κ3) is 4.18. The van der Waals surface area contributed by atoms with Crippen molar-refractivity contribution in [3.8, 4) is 5.75 Å². The van der Waals surface area contributed by atoms with E-state index in [1.165, 1.54) is 16.9 Å². The van der Waals surface area contributed by atoms with Crippen LogP contribution in [0.5, 0.6) is 5.75 Å². The number of anilines is 3. The van der Waals surface area contributed by atoms with Gasteiger partial charge in [0, 0.05) is 75.1 Å². The van der Waals surface area contributed by atoms with Crippen LogP contribution in [0.25, 0.3) is 17.0 Å². The number of fused-ring (bicyclic) bond motifs is 2. The quantitative estimate of drug-likeness (QED) is 0.597. The highest BCUT2D eigenvalue weighted by atomic mass is 19.1. The Morgan fingerprint density at radius 1 is 0.971 bits per heavy atom. The van der Waals surface area contributed by atoms with Crippen LogP contribution in [0, 0.1) is 5.82 Å². The summed E-state index contributed by atoms with van der Waals surface area (Å²) >= 11 is 0. The number of methoxy groups -OCH3 is 1. The molecule has 7 heteroatoms. The molecule has 0 unspecified atom stereocenters. The summed E-state index contributed by atoms with van der Waals surface area (Å²) in [4.78, 5) is 12.0. The van der Waals surface area contributed by atoms with Crippen molar-refractivity contribution in [2.45, 2.75) is 18.9 Å². The maximum Gasteiger partial charge on any atom is 0.132 e. The fraction of sp³-hybridized carbons (Fsp3) is 0.393. The molecule has 0 atom stereocenters. The molecule has 182 valence electrons. The van der Waals surface area contributed by atoms with Crippen LogP contribution >= 0.6 is 0 Å². The predicted octanol–water partition coefficient (Wildman–Crippen LogP) is 4.61. The molecular formula is C28H32FN5O. The van der Waals surface area contributed by atoms with Crippen LogP contribution in [0.15, 0.2) is 48.7 Å². The van der Waals surface area contributed by atoms with Gasteiger partial charge in [-0.25, -0.2) is 4.39 Å². The number of hydrogen-bond donors (Lipinski definition) is 1. The lowest BCUT2D eigenvalue weighted by Crippen LogP contribution is -2.53. The fourth-order valence-corrected chi connectivity index (χ4v) is 5.84. The molecule has 2 saturated heterocycles. The van der Waals surface area contributed by atoms with Crippen LogP contribution < -0.4 is 19.9 Å². The van der Waals surface area contributed by atoms with E-state index in [2.05, 4.69) is 49.3 Å². The summed E-state index contributed by atoms with van der Waals surface area (Å²) in [7, 11) is 1.74. The first-order chi connectivity index (χ1) is 17.2. The maximum atomic E-state index is 14.2. The van der Waals surface area contributed by atoms with Gasteiger partial charge in [-0.05, 0) is 43.2 Å². The lowest BCUT2D eigenvalue weighted by Gasteiger charge is -2.44. The molecule has 0 amide bonds. The van der Waals surface area contributed by atoms with Crippen LogP contribution in [0.2, 0.25) is 0 Å². The van der Waals surface area contributed by atoms with Gasteiger partial charge in [-0.1, -0.05) is 12.2 Å². The molecule has 35 heavy (non-hydrogen) atoms. The Morgan fingerprint density at radius 2 is 1.77 bits per heavy atom. The molecular weight excluding hydrogens is 441 g/mol. The molecule has 6 nitrogen and oxygen atoms in total. The second-order valence-corrected chi connectivity index (χ2v) is 9.60. The van der Waals surface area contributed by atoms with Gasteiger partial charge in [0.2, 0.25) is 0 Å². The number of pyridine rings is 1. The number of aromatic nitrogens is 1. The molecule has 1 N–H and O–H groups in total. The van der Waals surface area contributed by atoms with Gasteiger partial charge >= 0.3 is 0 Å². The molecule has 0 spiro atoms. The topological polar surface area (TPSA) is 43.9 Å². The number of piperazine rings is 1. The minimum atomic E-state index is -0.201. The van der Waals surface area contributed by atoms with E-state index in [1.54, 1.807) is 25.4 Å². The molecule has 0 saturated carbocycles. The number of hydrogen-bond acceptors (Lipinski definition) is 6. The van der Waals surface area contributed by atoms with Gasteiger partial charge in [-0.2, -0.15) is 0 Å². The molecule has 4 heterocycles. The first kappa shape index (κ1) is 22.2. The third-order valence-corrected chi connectivity index (χ3v) is 7.72. The Kier molecular flexibility index (Phi) is 5.94. The van der Waals surface area contributed by atoms with Gasteiger partial charge in [0.15, 0.2) is 0 Å². The van der Waals surface area contributed by atoms with E-state index in [4.69, 9.17) is 4.74 Å². The van der Waals surface area contributed by atoms with Gasteiger partial charge in [-0.15, -0.1) is 0 Å². The third-order valence-electron chi connectivity index (χ3n) is 7.72. The van der Waals surface area contributed by atoms with E-state index in [0.29, 0.717) is 11.4 Å². The van der Waals surface area contributed by atoms with Gasteiger partial charge < -0.3 is 19.9 Å². The maximum absolute atomic E-state index is 14.2. The summed E-state index contributed by atoms with van der Waals surface area (Å²) in [5, 5.41) is 4.16. The van der Waals surface area contributed by atoms with Crippen molar-refractivity contribution in [3.05, 3.63) is 60.1 Å². The highest BCUT2D eigenvalue weighted by molar-refractivity contribution is 5.91. The van der Waals surface area contributed by atoms with Gasteiger partial charge in [0.1, 0.15) is 11.6 Å². The fourth-order valence-electron chi connectivity index (χ4n) is 5.84. The van der Waals surface area contributed by atoms with Gasteiger partial charge in [0.05, 0.1) is 29.7 Å².